The second-order valence-corrected chi connectivity index (χ2v) is 8.16. The molecule has 1 atom stereocenters. The summed E-state index contributed by atoms with van der Waals surface area (Å²) in [5.41, 5.74) is -0.110. The number of fused-ring (bicyclic) bond motifs is 1. The molecule has 4 amide bonds. The molecule has 2 aliphatic heterocycles. The number of carbonyl (C=O) groups is 3. The van der Waals surface area contributed by atoms with E-state index in [9.17, 15) is 14.4 Å². The lowest BCUT2D eigenvalue weighted by atomic mass is 10.1. The fourth-order valence-corrected chi connectivity index (χ4v) is 4.04. The Morgan fingerprint density at radius 1 is 1.33 bits per heavy atom. The summed E-state index contributed by atoms with van der Waals surface area (Å²) in [5, 5.41) is 3.00. The van der Waals surface area contributed by atoms with Gasteiger partial charge in [-0.1, -0.05) is 19.1 Å². The number of rotatable bonds is 2. The number of hydrogen-bond donors (Lipinski definition) is 1. The summed E-state index contributed by atoms with van der Waals surface area (Å²) in [5.74, 6) is -0.606. The van der Waals surface area contributed by atoms with Crippen LogP contribution in [-0.4, -0.2) is 46.6 Å². The van der Waals surface area contributed by atoms with E-state index in [2.05, 4.69) is 12.2 Å². The molecule has 0 bridgehead atoms. The molecule has 1 N–H and O–H groups in total. The topological polar surface area (TPSA) is 69.7 Å². The van der Waals surface area contributed by atoms with E-state index in [0.29, 0.717) is 11.8 Å². The second kappa shape index (κ2) is 6.12. The van der Waals surface area contributed by atoms with Crippen LogP contribution in [0.25, 0.3) is 0 Å². The van der Waals surface area contributed by atoms with Crippen LogP contribution in [0.15, 0.2) is 29.2 Å². The van der Waals surface area contributed by atoms with Crippen molar-refractivity contribution in [3.05, 3.63) is 24.3 Å². The van der Waals surface area contributed by atoms with Gasteiger partial charge in [0.1, 0.15) is 12.1 Å². The number of nitrogens with one attached hydrogen (secondary N) is 1. The van der Waals surface area contributed by atoms with Crippen LogP contribution in [0, 0.1) is 0 Å². The Balaban J connectivity index is 1.83. The van der Waals surface area contributed by atoms with Gasteiger partial charge in [-0.05, 0) is 32.4 Å². The third-order valence-corrected chi connectivity index (χ3v) is 5.52. The Bertz CT molecular complexity index is 704. The van der Waals surface area contributed by atoms with Gasteiger partial charge < -0.3 is 10.2 Å². The van der Waals surface area contributed by atoms with Gasteiger partial charge in [0.2, 0.25) is 5.91 Å². The molecule has 0 unspecified atom stereocenters. The third-order valence-electron chi connectivity index (χ3n) is 4.28. The highest BCUT2D eigenvalue weighted by Gasteiger charge is 2.45. The number of carbonyl (C=O) groups excluding carboxylic acids is 3. The SMILES string of the molecule is C[C@H]1CCN(C(=O)CN2C(=O)NC(C)(C)C2=O)c2ccccc2S1. The average molecular weight is 347 g/mol. The number of nitrogens with zero attached hydrogens (tertiary/aromatic N) is 2. The van der Waals surface area contributed by atoms with Crippen LogP contribution in [0.1, 0.15) is 27.2 Å². The van der Waals surface area contributed by atoms with Gasteiger partial charge in [-0.25, -0.2) is 4.79 Å². The molecular weight excluding hydrogens is 326 g/mol. The zero-order chi connectivity index (χ0) is 17.5. The third kappa shape index (κ3) is 3.00. The molecule has 0 aromatic heterocycles. The Morgan fingerprint density at radius 3 is 2.71 bits per heavy atom. The van der Waals surface area contributed by atoms with Crippen LogP contribution in [-0.2, 0) is 9.59 Å². The van der Waals surface area contributed by atoms with Crippen LogP contribution in [0.2, 0.25) is 0 Å². The molecule has 1 aromatic carbocycles. The van der Waals surface area contributed by atoms with Crippen LogP contribution >= 0.6 is 11.8 Å². The first-order valence-corrected chi connectivity index (χ1v) is 8.88. The van der Waals surface area contributed by atoms with Crippen molar-refractivity contribution in [2.45, 2.75) is 42.9 Å². The molecular formula is C17H21N3O3S. The minimum absolute atomic E-state index is 0.235. The molecule has 0 saturated carbocycles. The highest BCUT2D eigenvalue weighted by Crippen LogP contribution is 2.37. The monoisotopic (exact) mass is 347 g/mol. The van der Waals surface area contributed by atoms with Gasteiger partial charge in [0.25, 0.3) is 5.91 Å². The van der Waals surface area contributed by atoms with Gasteiger partial charge in [-0.15, -0.1) is 11.8 Å². The van der Waals surface area contributed by atoms with Crippen LogP contribution in [0.5, 0.6) is 0 Å². The molecule has 1 fully saturated rings. The van der Waals surface area contributed by atoms with Crippen molar-refractivity contribution in [3.63, 3.8) is 0 Å². The van der Waals surface area contributed by atoms with Crippen molar-refractivity contribution in [1.82, 2.24) is 10.2 Å². The maximum absolute atomic E-state index is 12.8. The predicted molar refractivity (Wildman–Crippen MR) is 93.1 cm³/mol. The first-order chi connectivity index (χ1) is 11.3. The first kappa shape index (κ1) is 16.8. The lowest BCUT2D eigenvalue weighted by Gasteiger charge is -2.24. The van der Waals surface area contributed by atoms with Crippen molar-refractivity contribution < 1.29 is 14.4 Å². The normalized spacial score (nSPS) is 22.9. The van der Waals surface area contributed by atoms with Crippen molar-refractivity contribution >= 4 is 35.3 Å². The summed E-state index contributed by atoms with van der Waals surface area (Å²) in [4.78, 5) is 40.9. The molecule has 3 rings (SSSR count). The number of thioether (sulfide) groups is 1. The van der Waals surface area contributed by atoms with Gasteiger partial charge in [0.15, 0.2) is 0 Å². The number of anilines is 1. The summed E-state index contributed by atoms with van der Waals surface area (Å²) < 4.78 is 0. The van der Waals surface area contributed by atoms with Gasteiger partial charge in [0, 0.05) is 16.7 Å². The minimum atomic E-state index is -0.960. The van der Waals surface area contributed by atoms with Gasteiger partial charge >= 0.3 is 6.03 Å². The maximum Gasteiger partial charge on any atom is 0.325 e. The fraction of sp³-hybridized carbons (Fsp3) is 0.471. The molecule has 0 radical (unpaired) electrons. The molecule has 1 saturated heterocycles. The molecule has 2 heterocycles. The lowest BCUT2D eigenvalue weighted by molar-refractivity contribution is -0.133. The number of hydrogen-bond acceptors (Lipinski definition) is 4. The Kier molecular flexibility index (Phi) is 4.29. The van der Waals surface area contributed by atoms with Crippen molar-refractivity contribution in [2.24, 2.45) is 0 Å². The van der Waals surface area contributed by atoms with Gasteiger partial charge in [-0.2, -0.15) is 0 Å². The van der Waals surface area contributed by atoms with Crippen molar-refractivity contribution in [1.29, 1.82) is 0 Å². The van der Waals surface area contributed by atoms with E-state index in [1.807, 2.05) is 24.3 Å². The number of para-hydroxylation sites is 1. The van der Waals surface area contributed by atoms with Crippen LogP contribution in [0.3, 0.4) is 0 Å². The minimum Gasteiger partial charge on any atom is -0.324 e. The Morgan fingerprint density at radius 2 is 2.04 bits per heavy atom. The number of urea groups is 1. The van der Waals surface area contributed by atoms with Crippen LogP contribution < -0.4 is 10.2 Å². The van der Waals surface area contributed by atoms with Crippen molar-refractivity contribution in [2.75, 3.05) is 18.0 Å². The van der Waals surface area contributed by atoms with E-state index in [1.54, 1.807) is 30.5 Å². The van der Waals surface area contributed by atoms with E-state index in [0.717, 1.165) is 21.9 Å². The van der Waals surface area contributed by atoms with E-state index in [1.165, 1.54) is 0 Å². The van der Waals surface area contributed by atoms with E-state index < -0.39 is 11.6 Å². The smallest absolute Gasteiger partial charge is 0.324 e. The van der Waals surface area contributed by atoms with E-state index >= 15 is 0 Å². The maximum atomic E-state index is 12.8. The number of imide groups is 1. The Hall–Kier alpha value is -2.02. The molecule has 24 heavy (non-hydrogen) atoms. The molecule has 7 heteroatoms. The zero-order valence-electron chi connectivity index (χ0n) is 14.0. The average Bonchev–Trinajstić information content (AvgIpc) is 2.66. The molecule has 0 spiro atoms. The number of amides is 4. The van der Waals surface area contributed by atoms with Gasteiger partial charge in [-0.3, -0.25) is 14.5 Å². The number of benzene rings is 1. The van der Waals surface area contributed by atoms with Crippen molar-refractivity contribution in [3.8, 4) is 0 Å². The highest BCUT2D eigenvalue weighted by molar-refractivity contribution is 8.00. The summed E-state index contributed by atoms with van der Waals surface area (Å²) in [6.07, 6.45) is 0.858. The van der Waals surface area contributed by atoms with E-state index in [4.69, 9.17) is 0 Å². The summed E-state index contributed by atoms with van der Waals surface area (Å²) >= 11 is 1.74. The summed E-state index contributed by atoms with van der Waals surface area (Å²) in [6.45, 7) is 5.75. The largest absolute Gasteiger partial charge is 0.325 e. The van der Waals surface area contributed by atoms with Crippen LogP contribution in [0.4, 0.5) is 10.5 Å². The van der Waals surface area contributed by atoms with Gasteiger partial charge in [0.05, 0.1) is 5.69 Å². The molecule has 0 aliphatic carbocycles. The quantitative estimate of drug-likeness (QED) is 0.833. The zero-order valence-corrected chi connectivity index (χ0v) is 14.9. The molecule has 1 aromatic rings. The predicted octanol–water partition coefficient (Wildman–Crippen LogP) is 2.23. The molecule has 128 valence electrons. The standard InChI is InChI=1S/C17H21N3O3S/c1-11-8-9-19(12-6-4-5-7-13(12)24-11)14(21)10-20-15(22)17(2,3)18-16(20)23/h4-7,11H,8-10H2,1-3H3,(H,18,23)/t11-/m0/s1. The second-order valence-electron chi connectivity index (χ2n) is 6.68. The molecule has 6 nitrogen and oxygen atoms in total. The summed E-state index contributed by atoms with van der Waals surface area (Å²) in [7, 11) is 0. The fourth-order valence-electron chi connectivity index (χ4n) is 2.93. The molecule has 2 aliphatic rings. The highest BCUT2D eigenvalue weighted by atomic mass is 32.2. The van der Waals surface area contributed by atoms with E-state index in [-0.39, 0.29) is 18.4 Å². The lowest BCUT2D eigenvalue weighted by Crippen LogP contribution is -2.45. The summed E-state index contributed by atoms with van der Waals surface area (Å²) in [6, 6.07) is 7.25. The first-order valence-electron chi connectivity index (χ1n) is 8.00. The Labute approximate surface area is 145 Å².